The van der Waals surface area contributed by atoms with Crippen LogP contribution in [-0.4, -0.2) is 141 Å². The van der Waals surface area contributed by atoms with Crippen LogP contribution in [0.3, 0.4) is 0 Å². The highest BCUT2D eigenvalue weighted by Crippen LogP contribution is 2.36. The van der Waals surface area contributed by atoms with Crippen LogP contribution < -0.4 is 20.7 Å². The summed E-state index contributed by atoms with van der Waals surface area (Å²) in [6.45, 7) is 9.65. The number of nitrogens with two attached hydrogens (primary N) is 1. The molecular weight excluding hydrogens is 787 g/mol. The van der Waals surface area contributed by atoms with Crippen molar-refractivity contribution in [3.8, 4) is 22.8 Å². The maximum absolute atomic E-state index is 13.4. The molecule has 2 aromatic heterocycles. The molecule has 3 N–H and O–H groups in total. The summed E-state index contributed by atoms with van der Waals surface area (Å²) in [5.41, 5.74) is 10.5. The summed E-state index contributed by atoms with van der Waals surface area (Å²) in [6, 6.07) is 22.8. The smallest absolute Gasteiger partial charge is 0.262 e. The lowest BCUT2D eigenvalue weighted by Gasteiger charge is -2.43. The number of rotatable bonds is 10. The Morgan fingerprint density at radius 1 is 0.726 bits per heavy atom. The summed E-state index contributed by atoms with van der Waals surface area (Å²) in [4.78, 5) is 70.8. The average Bonchev–Trinajstić information content (AvgIpc) is 3.81. The molecule has 2 atom stereocenters. The van der Waals surface area contributed by atoms with E-state index in [1.165, 1.54) is 6.33 Å². The van der Waals surface area contributed by atoms with Crippen LogP contribution in [0.2, 0.25) is 0 Å². The van der Waals surface area contributed by atoms with Gasteiger partial charge in [-0.2, -0.15) is 5.10 Å². The number of likely N-dealkylation sites (tertiary alicyclic amines) is 2. The van der Waals surface area contributed by atoms with Gasteiger partial charge in [-0.05, 0) is 106 Å². The molecule has 0 spiro atoms. The third-order valence-electron chi connectivity index (χ3n) is 13.4. The summed E-state index contributed by atoms with van der Waals surface area (Å²) in [6.07, 6.45) is 6.18. The molecule has 3 aromatic carbocycles. The van der Waals surface area contributed by atoms with Gasteiger partial charge in [0.2, 0.25) is 11.8 Å². The summed E-state index contributed by atoms with van der Waals surface area (Å²) < 4.78 is 8.13. The van der Waals surface area contributed by atoms with Crippen LogP contribution in [0.5, 0.6) is 11.5 Å². The van der Waals surface area contributed by atoms with Crippen molar-refractivity contribution in [2.75, 3.05) is 76.1 Å². The third-order valence-corrected chi connectivity index (χ3v) is 13.4. The maximum Gasteiger partial charge on any atom is 0.262 e. The fourth-order valence-electron chi connectivity index (χ4n) is 9.95. The molecule has 62 heavy (non-hydrogen) atoms. The Kier molecular flexibility index (Phi) is 10.9. The van der Waals surface area contributed by atoms with Crippen molar-refractivity contribution >= 4 is 46.2 Å². The molecule has 4 amide bonds. The van der Waals surface area contributed by atoms with E-state index in [2.05, 4.69) is 34.6 Å². The molecule has 16 nitrogen and oxygen atoms in total. The number of benzene rings is 3. The topological polar surface area (TPSA) is 175 Å². The maximum atomic E-state index is 13.4. The van der Waals surface area contributed by atoms with E-state index in [0.717, 1.165) is 136 Å². The van der Waals surface area contributed by atoms with E-state index in [1.54, 1.807) is 12.1 Å². The fraction of sp³-hybridized carbons (Fsp3) is 0.413. The SMILES string of the molecule is Nc1ncnc2c1c(-c1ccc(Oc3ccccc3)cc1)nn2C1CCCN(C2CCN(CCN3CCN(c4ccc5c(c4)C(=O)N(C4CCC(=O)NC4=O)C5=O)CC3)CC2)C1. The van der Waals surface area contributed by atoms with Gasteiger partial charge in [-0.15, -0.1) is 0 Å². The van der Waals surface area contributed by atoms with E-state index >= 15 is 0 Å². The van der Waals surface area contributed by atoms with Crippen LogP contribution in [0.1, 0.15) is 65.3 Å². The minimum atomic E-state index is -0.965. The second-order valence-corrected chi connectivity index (χ2v) is 17.1. The van der Waals surface area contributed by atoms with Crippen LogP contribution in [-0.2, 0) is 9.59 Å². The normalized spacial score (nSPS) is 22.1. The van der Waals surface area contributed by atoms with Gasteiger partial charge in [0.15, 0.2) is 5.65 Å². The lowest BCUT2D eigenvalue weighted by atomic mass is 9.98. The number of piperazine rings is 1. The predicted octanol–water partition coefficient (Wildman–Crippen LogP) is 4.19. The molecule has 2 unspecified atom stereocenters. The first-order valence-electron chi connectivity index (χ1n) is 21.9. The lowest BCUT2D eigenvalue weighted by molar-refractivity contribution is -0.136. The number of ether oxygens (including phenoxy) is 1. The highest BCUT2D eigenvalue weighted by molar-refractivity contribution is 6.23. The van der Waals surface area contributed by atoms with Gasteiger partial charge in [-0.25, -0.2) is 14.6 Å². The zero-order valence-electron chi connectivity index (χ0n) is 34.7. The summed E-state index contributed by atoms with van der Waals surface area (Å²) in [5, 5.41) is 8.23. The zero-order valence-corrected chi connectivity index (χ0v) is 34.7. The Morgan fingerprint density at radius 2 is 1.45 bits per heavy atom. The van der Waals surface area contributed by atoms with Gasteiger partial charge >= 0.3 is 0 Å². The van der Waals surface area contributed by atoms with E-state index in [9.17, 15) is 19.2 Å². The number of nitrogens with zero attached hydrogens (tertiary/aromatic N) is 9. The molecule has 5 aromatic rings. The first-order chi connectivity index (χ1) is 30.3. The van der Waals surface area contributed by atoms with Gasteiger partial charge in [0, 0.05) is 69.5 Å². The minimum Gasteiger partial charge on any atom is -0.457 e. The van der Waals surface area contributed by atoms with E-state index in [-0.39, 0.29) is 24.8 Å². The second-order valence-electron chi connectivity index (χ2n) is 17.1. The Labute approximate surface area is 359 Å². The van der Waals surface area contributed by atoms with E-state index in [4.69, 9.17) is 20.6 Å². The number of para-hydroxylation sites is 1. The second kappa shape index (κ2) is 16.9. The third kappa shape index (κ3) is 7.78. The summed E-state index contributed by atoms with van der Waals surface area (Å²) >= 11 is 0. The number of fused-ring (bicyclic) bond motifs is 2. The van der Waals surface area contributed by atoms with Gasteiger partial charge < -0.3 is 20.3 Å². The van der Waals surface area contributed by atoms with Crippen molar-refractivity contribution < 1.29 is 23.9 Å². The van der Waals surface area contributed by atoms with Crippen molar-refractivity contribution in [2.24, 2.45) is 0 Å². The van der Waals surface area contributed by atoms with Crippen molar-refractivity contribution in [2.45, 2.75) is 56.7 Å². The fourth-order valence-corrected chi connectivity index (χ4v) is 9.95. The number of piperidine rings is 3. The van der Waals surface area contributed by atoms with Crippen molar-refractivity contribution in [3.05, 3.63) is 90.3 Å². The number of anilines is 2. The van der Waals surface area contributed by atoms with Crippen LogP contribution in [0.15, 0.2) is 79.1 Å². The molecule has 5 aliphatic rings. The average molecular weight is 838 g/mol. The van der Waals surface area contributed by atoms with Crippen LogP contribution >= 0.6 is 0 Å². The molecule has 16 heteroatoms. The standard InChI is InChI=1S/C46H51N11O5/c47-42-40-41(30-8-11-35(12-9-30)62-34-6-2-1-3-7-34)51-57(43(40)49-29-48-42)33-5-4-18-55(28-33)31-16-19-52(20-17-31)21-22-53-23-25-54(26-24-53)32-10-13-36-37(27-32)46(61)56(45(36)60)38-14-15-39(58)50-44(38)59/h1-3,6-13,27,29,31,33,38H,4-5,14-26,28H2,(H2,47,48,49)(H,50,58,59). The number of hydrogen-bond donors (Lipinski definition) is 2. The lowest BCUT2D eigenvalue weighted by Crippen LogP contribution is -2.54. The van der Waals surface area contributed by atoms with Gasteiger partial charge in [0.1, 0.15) is 35.4 Å². The Bertz CT molecular complexity index is 2500. The quantitative estimate of drug-likeness (QED) is 0.192. The number of nitrogens with one attached hydrogen (secondary N) is 1. The van der Waals surface area contributed by atoms with Crippen LogP contribution in [0.25, 0.3) is 22.3 Å². The first-order valence-corrected chi connectivity index (χ1v) is 21.9. The molecule has 10 rings (SSSR count). The van der Waals surface area contributed by atoms with Crippen LogP contribution in [0, 0.1) is 0 Å². The molecule has 5 aliphatic heterocycles. The number of amides is 4. The number of aromatic nitrogens is 4. The van der Waals surface area contributed by atoms with Gasteiger partial charge in [0.25, 0.3) is 11.8 Å². The number of carbonyl (C=O) groups excluding carboxylic acids is 4. The number of carbonyl (C=O) groups is 4. The van der Waals surface area contributed by atoms with E-state index in [1.807, 2.05) is 60.7 Å². The van der Waals surface area contributed by atoms with Crippen molar-refractivity contribution in [1.82, 2.24) is 44.7 Å². The van der Waals surface area contributed by atoms with Crippen molar-refractivity contribution in [3.63, 3.8) is 0 Å². The monoisotopic (exact) mass is 837 g/mol. The van der Waals surface area contributed by atoms with Gasteiger partial charge in [-0.3, -0.25) is 39.2 Å². The molecule has 7 heterocycles. The molecule has 0 saturated carbocycles. The number of hydrogen-bond acceptors (Lipinski definition) is 13. The predicted molar refractivity (Wildman–Crippen MR) is 233 cm³/mol. The summed E-state index contributed by atoms with van der Waals surface area (Å²) in [7, 11) is 0. The zero-order chi connectivity index (χ0) is 42.3. The Balaban J connectivity index is 0.710. The van der Waals surface area contributed by atoms with Gasteiger partial charge in [-0.1, -0.05) is 18.2 Å². The molecule has 4 fully saturated rings. The largest absolute Gasteiger partial charge is 0.457 e. The number of nitrogen functional groups attached to an aromatic ring is 1. The molecule has 0 radical (unpaired) electrons. The van der Waals surface area contributed by atoms with Crippen LogP contribution in [0.4, 0.5) is 11.5 Å². The van der Waals surface area contributed by atoms with E-state index < -0.39 is 23.8 Å². The molecule has 4 saturated heterocycles. The highest BCUT2D eigenvalue weighted by atomic mass is 16.5. The first kappa shape index (κ1) is 39.9. The minimum absolute atomic E-state index is 0.0989. The highest BCUT2D eigenvalue weighted by Gasteiger charge is 2.45. The molecule has 0 aliphatic carbocycles. The molecular formula is C46H51N11O5. The Morgan fingerprint density at radius 3 is 2.21 bits per heavy atom. The number of imide groups is 2. The Hall–Kier alpha value is -6.23. The molecule has 0 bridgehead atoms. The van der Waals surface area contributed by atoms with Gasteiger partial charge in [0.05, 0.1) is 22.6 Å². The molecule has 320 valence electrons. The summed E-state index contributed by atoms with van der Waals surface area (Å²) in [5.74, 6) is 0.0270. The van der Waals surface area contributed by atoms with Crippen molar-refractivity contribution in [1.29, 1.82) is 0 Å². The van der Waals surface area contributed by atoms with E-state index in [0.29, 0.717) is 23.0 Å².